The molecule has 0 aliphatic carbocycles. The Balaban J connectivity index is 1.78. The molecule has 1 N–H and O–H groups in total. The van der Waals surface area contributed by atoms with Crippen LogP contribution in [0.1, 0.15) is 49.5 Å². The predicted molar refractivity (Wildman–Crippen MR) is 111 cm³/mol. The second-order valence-electron chi connectivity index (χ2n) is 7.95. The van der Waals surface area contributed by atoms with Crippen molar-refractivity contribution in [3.05, 3.63) is 40.5 Å². The van der Waals surface area contributed by atoms with E-state index in [0.29, 0.717) is 24.3 Å². The van der Waals surface area contributed by atoms with E-state index >= 15 is 0 Å². The van der Waals surface area contributed by atoms with Gasteiger partial charge in [-0.05, 0) is 49.8 Å². The summed E-state index contributed by atoms with van der Waals surface area (Å²) in [4.78, 5) is 8.59. The van der Waals surface area contributed by atoms with Gasteiger partial charge in [-0.15, -0.1) is 5.10 Å². The minimum atomic E-state index is -0.0188. The minimum absolute atomic E-state index is 0.0188. The van der Waals surface area contributed by atoms with Crippen LogP contribution in [-0.2, 0) is 0 Å². The second-order valence-corrected chi connectivity index (χ2v) is 8.96. The number of aromatic hydroxyl groups is 1. The third kappa shape index (κ3) is 3.61. The number of rotatable bonds is 5. The van der Waals surface area contributed by atoms with Gasteiger partial charge >= 0.3 is 0 Å². The van der Waals surface area contributed by atoms with Gasteiger partial charge in [0.25, 0.3) is 0 Å². The molecule has 3 unspecified atom stereocenters. The van der Waals surface area contributed by atoms with Crippen LogP contribution in [0.15, 0.2) is 24.3 Å². The first-order valence-electron chi connectivity index (χ1n) is 9.98. The van der Waals surface area contributed by atoms with Crippen molar-refractivity contribution in [2.75, 3.05) is 19.7 Å². The van der Waals surface area contributed by atoms with E-state index in [4.69, 9.17) is 4.74 Å². The molecular formula is C21H28N4O2S. The van der Waals surface area contributed by atoms with E-state index in [1.54, 1.807) is 4.52 Å². The van der Waals surface area contributed by atoms with Crippen LogP contribution in [0.25, 0.3) is 4.96 Å². The molecule has 150 valence electrons. The fraction of sp³-hybridized carbons (Fsp3) is 0.524. The summed E-state index contributed by atoms with van der Waals surface area (Å²) in [5.41, 5.74) is 1.15. The maximum atomic E-state index is 11.0. The van der Waals surface area contributed by atoms with Gasteiger partial charge in [-0.25, -0.2) is 4.98 Å². The average molecular weight is 401 g/mol. The highest BCUT2D eigenvalue weighted by atomic mass is 32.1. The highest BCUT2D eigenvalue weighted by Crippen LogP contribution is 2.42. The zero-order chi connectivity index (χ0) is 19.8. The van der Waals surface area contributed by atoms with E-state index in [2.05, 4.69) is 41.0 Å². The summed E-state index contributed by atoms with van der Waals surface area (Å²) in [6.45, 7) is 11.1. The van der Waals surface area contributed by atoms with E-state index in [-0.39, 0.29) is 11.9 Å². The first-order valence-corrected chi connectivity index (χ1v) is 10.8. The van der Waals surface area contributed by atoms with Crippen molar-refractivity contribution in [3.8, 4) is 11.6 Å². The van der Waals surface area contributed by atoms with Gasteiger partial charge in [0.05, 0.1) is 17.5 Å². The molecular weight excluding hydrogens is 372 g/mol. The lowest BCUT2D eigenvalue weighted by Gasteiger charge is -2.40. The predicted octanol–water partition coefficient (Wildman–Crippen LogP) is 4.27. The van der Waals surface area contributed by atoms with Crippen molar-refractivity contribution < 1.29 is 9.84 Å². The monoisotopic (exact) mass is 400 g/mol. The van der Waals surface area contributed by atoms with Crippen LogP contribution in [0.3, 0.4) is 0 Å². The molecule has 0 radical (unpaired) electrons. The van der Waals surface area contributed by atoms with Gasteiger partial charge in [0.15, 0.2) is 0 Å². The number of ether oxygens (including phenoxy) is 1. The van der Waals surface area contributed by atoms with Crippen molar-refractivity contribution in [1.82, 2.24) is 19.5 Å². The third-order valence-corrected chi connectivity index (χ3v) is 6.40. The lowest BCUT2D eigenvalue weighted by molar-refractivity contribution is 0.112. The fourth-order valence-electron chi connectivity index (χ4n) is 4.39. The third-order valence-electron chi connectivity index (χ3n) is 5.32. The molecule has 1 aliphatic rings. The molecule has 2 aromatic heterocycles. The summed E-state index contributed by atoms with van der Waals surface area (Å²) in [5, 5.41) is 15.3. The van der Waals surface area contributed by atoms with Gasteiger partial charge in [0.1, 0.15) is 11.6 Å². The summed E-state index contributed by atoms with van der Waals surface area (Å²) >= 11 is 1.52. The van der Waals surface area contributed by atoms with Crippen molar-refractivity contribution in [3.63, 3.8) is 0 Å². The first kappa shape index (κ1) is 19.2. The molecule has 3 atom stereocenters. The van der Waals surface area contributed by atoms with Crippen molar-refractivity contribution in [2.24, 2.45) is 11.8 Å². The second kappa shape index (κ2) is 7.72. The summed E-state index contributed by atoms with van der Waals surface area (Å²) in [6, 6.07) is 8.23. The van der Waals surface area contributed by atoms with Gasteiger partial charge in [0, 0.05) is 13.1 Å². The summed E-state index contributed by atoms with van der Waals surface area (Å²) in [6.07, 6.45) is 1.24. The average Bonchev–Trinajstić information content (AvgIpc) is 3.14. The topological polar surface area (TPSA) is 62.9 Å². The molecule has 0 bridgehead atoms. The van der Waals surface area contributed by atoms with Crippen LogP contribution in [-0.4, -0.2) is 44.3 Å². The Labute approximate surface area is 169 Å². The van der Waals surface area contributed by atoms with Crippen molar-refractivity contribution in [2.45, 2.75) is 40.2 Å². The van der Waals surface area contributed by atoms with E-state index in [1.165, 1.54) is 17.8 Å². The number of benzene rings is 1. The van der Waals surface area contributed by atoms with E-state index in [1.807, 2.05) is 26.0 Å². The van der Waals surface area contributed by atoms with E-state index in [0.717, 1.165) is 34.2 Å². The highest BCUT2D eigenvalue weighted by molar-refractivity contribution is 7.17. The number of piperidine rings is 1. The molecule has 7 heteroatoms. The van der Waals surface area contributed by atoms with Crippen LogP contribution in [0.5, 0.6) is 11.6 Å². The Bertz CT molecular complexity index is 939. The molecule has 0 saturated carbocycles. The lowest BCUT2D eigenvalue weighted by atomic mass is 9.89. The summed E-state index contributed by atoms with van der Waals surface area (Å²) < 4.78 is 7.18. The highest BCUT2D eigenvalue weighted by Gasteiger charge is 2.33. The number of aryl methyl sites for hydroxylation is 1. The van der Waals surface area contributed by atoms with Crippen LogP contribution < -0.4 is 4.74 Å². The zero-order valence-corrected chi connectivity index (χ0v) is 17.7. The molecule has 1 fully saturated rings. The number of fused-ring (bicyclic) bond motifs is 1. The molecule has 0 amide bonds. The number of aromatic nitrogens is 3. The Hall–Kier alpha value is -2.12. The van der Waals surface area contributed by atoms with Gasteiger partial charge < -0.3 is 9.84 Å². The molecule has 4 rings (SSSR count). The van der Waals surface area contributed by atoms with Gasteiger partial charge in [-0.2, -0.15) is 4.52 Å². The lowest BCUT2D eigenvalue weighted by Crippen LogP contribution is -2.41. The number of thiazole rings is 1. The fourth-order valence-corrected chi connectivity index (χ4v) is 5.55. The van der Waals surface area contributed by atoms with Gasteiger partial charge in [-0.1, -0.05) is 37.3 Å². The maximum Gasteiger partial charge on any atom is 0.230 e. The van der Waals surface area contributed by atoms with Gasteiger partial charge in [-0.3, -0.25) is 4.90 Å². The first-order chi connectivity index (χ1) is 13.5. The molecule has 1 aliphatic heterocycles. The Morgan fingerprint density at radius 3 is 2.50 bits per heavy atom. The van der Waals surface area contributed by atoms with Crippen LogP contribution in [0.2, 0.25) is 0 Å². The smallest absolute Gasteiger partial charge is 0.230 e. The molecule has 6 nitrogen and oxygen atoms in total. The molecule has 1 aromatic carbocycles. The maximum absolute atomic E-state index is 11.0. The quantitative estimate of drug-likeness (QED) is 0.693. The van der Waals surface area contributed by atoms with Crippen molar-refractivity contribution in [1.29, 1.82) is 0 Å². The molecule has 3 heterocycles. The largest absolute Gasteiger partial charge is 0.494 e. The SMILES string of the molecule is CCOc1ccc(C(c2sc3nc(C)nn3c2O)N2CC(C)CC(C)C2)cc1. The molecule has 28 heavy (non-hydrogen) atoms. The minimum Gasteiger partial charge on any atom is -0.494 e. The molecule has 0 spiro atoms. The van der Waals surface area contributed by atoms with Crippen molar-refractivity contribution >= 4 is 16.3 Å². The van der Waals surface area contributed by atoms with Crippen LogP contribution >= 0.6 is 11.3 Å². The number of nitrogens with zero attached hydrogens (tertiary/aromatic N) is 4. The summed E-state index contributed by atoms with van der Waals surface area (Å²) in [7, 11) is 0. The Kier molecular flexibility index (Phi) is 5.29. The molecule has 1 saturated heterocycles. The van der Waals surface area contributed by atoms with Crippen LogP contribution in [0.4, 0.5) is 0 Å². The number of likely N-dealkylation sites (tertiary alicyclic amines) is 1. The Morgan fingerprint density at radius 1 is 1.21 bits per heavy atom. The summed E-state index contributed by atoms with van der Waals surface area (Å²) in [5.74, 6) is 2.99. The zero-order valence-electron chi connectivity index (χ0n) is 16.9. The molecule has 3 aromatic rings. The number of hydrogen-bond donors (Lipinski definition) is 1. The standard InChI is InChI=1S/C21H28N4O2S/c1-5-27-17-8-6-16(7-9-17)18(24-11-13(2)10-14(3)12-24)19-20(26)25-21(28-19)22-15(4)23-25/h6-9,13-14,18,26H,5,10-12H2,1-4H3. The Morgan fingerprint density at radius 2 is 1.89 bits per heavy atom. The number of hydrogen-bond acceptors (Lipinski definition) is 6. The van der Waals surface area contributed by atoms with Gasteiger partial charge in [0.2, 0.25) is 10.8 Å². The van der Waals surface area contributed by atoms with Crippen LogP contribution in [0, 0.1) is 18.8 Å². The van der Waals surface area contributed by atoms with E-state index < -0.39 is 0 Å². The van der Waals surface area contributed by atoms with E-state index in [9.17, 15) is 5.11 Å². The normalized spacial score (nSPS) is 21.9.